The Labute approximate surface area is 122 Å². The molecule has 0 heterocycles. The van der Waals surface area contributed by atoms with Gasteiger partial charge in [0, 0.05) is 6.42 Å². The molecule has 0 saturated heterocycles. The molecule has 0 aliphatic rings. The van der Waals surface area contributed by atoms with E-state index in [-0.39, 0.29) is 12.1 Å². The summed E-state index contributed by atoms with van der Waals surface area (Å²) >= 11 is 5.76. The van der Waals surface area contributed by atoms with Crippen LogP contribution < -0.4 is 0 Å². The van der Waals surface area contributed by atoms with Crippen LogP contribution in [0.15, 0.2) is 17.3 Å². The van der Waals surface area contributed by atoms with E-state index in [1.807, 2.05) is 0 Å². The summed E-state index contributed by atoms with van der Waals surface area (Å²) in [6.45, 7) is 7.75. The van der Waals surface area contributed by atoms with Crippen LogP contribution in [-0.4, -0.2) is 12.1 Å². The number of hydrogen-bond acceptors (Lipinski definition) is 2. The fourth-order valence-corrected chi connectivity index (χ4v) is 2.02. The molecule has 0 aromatic rings. The van der Waals surface area contributed by atoms with E-state index in [1.54, 1.807) is 0 Å². The number of allylic oxidation sites excluding steroid dienone is 1. The van der Waals surface area contributed by atoms with Gasteiger partial charge in [0.2, 0.25) is 0 Å². The second kappa shape index (κ2) is 12.3. The molecule has 1 atom stereocenters. The Morgan fingerprint density at radius 1 is 1.16 bits per heavy atom. The molecule has 0 fully saturated rings. The third kappa shape index (κ3) is 10.9. The summed E-state index contributed by atoms with van der Waals surface area (Å²) in [5.74, 6) is -0.164. The molecule has 2 nitrogen and oxygen atoms in total. The SMILES string of the molecule is C=C=C(Cl)CCC(=O)OC(CCC)CCCCCC. The normalized spacial score (nSPS) is 11.7. The molecule has 0 spiro atoms. The summed E-state index contributed by atoms with van der Waals surface area (Å²) in [6.07, 6.45) is 8.66. The maximum absolute atomic E-state index is 11.7. The van der Waals surface area contributed by atoms with Crippen LogP contribution in [0.25, 0.3) is 0 Å². The molecule has 0 aliphatic carbocycles. The molecular weight excluding hydrogens is 260 g/mol. The van der Waals surface area contributed by atoms with Crippen LogP contribution in [0, 0.1) is 0 Å². The molecule has 110 valence electrons. The molecule has 0 rings (SSSR count). The van der Waals surface area contributed by atoms with Crippen LogP contribution in [0.5, 0.6) is 0 Å². The van der Waals surface area contributed by atoms with Gasteiger partial charge in [-0.2, -0.15) is 0 Å². The number of hydrogen-bond donors (Lipinski definition) is 0. The van der Waals surface area contributed by atoms with Crippen LogP contribution in [-0.2, 0) is 9.53 Å². The number of rotatable bonds is 11. The molecule has 0 amide bonds. The molecule has 0 radical (unpaired) electrons. The lowest BCUT2D eigenvalue weighted by Crippen LogP contribution is -2.18. The summed E-state index contributed by atoms with van der Waals surface area (Å²) in [5.41, 5.74) is 2.57. The van der Waals surface area contributed by atoms with Crippen LogP contribution in [0.1, 0.15) is 71.6 Å². The van der Waals surface area contributed by atoms with Crippen molar-refractivity contribution >= 4 is 17.6 Å². The van der Waals surface area contributed by atoms with Gasteiger partial charge in [-0.1, -0.05) is 57.7 Å². The van der Waals surface area contributed by atoms with Crippen molar-refractivity contribution in [1.82, 2.24) is 0 Å². The van der Waals surface area contributed by atoms with E-state index in [1.165, 1.54) is 19.3 Å². The van der Waals surface area contributed by atoms with Crippen molar-refractivity contribution in [3.8, 4) is 0 Å². The van der Waals surface area contributed by atoms with Crippen molar-refractivity contribution < 1.29 is 9.53 Å². The Bertz CT molecular complexity index is 293. The van der Waals surface area contributed by atoms with Gasteiger partial charge >= 0.3 is 5.97 Å². The Morgan fingerprint density at radius 3 is 2.47 bits per heavy atom. The van der Waals surface area contributed by atoms with Crippen LogP contribution >= 0.6 is 11.6 Å². The number of esters is 1. The number of carbonyl (C=O) groups is 1. The average molecular weight is 287 g/mol. The lowest BCUT2D eigenvalue weighted by atomic mass is 10.1. The molecule has 0 aromatic heterocycles. The van der Waals surface area contributed by atoms with Crippen molar-refractivity contribution in [3.05, 3.63) is 17.3 Å². The first-order chi connectivity index (χ1) is 9.13. The van der Waals surface area contributed by atoms with Gasteiger partial charge in [-0.25, -0.2) is 0 Å². The van der Waals surface area contributed by atoms with Gasteiger partial charge in [-0.05, 0) is 19.3 Å². The van der Waals surface area contributed by atoms with E-state index in [4.69, 9.17) is 16.3 Å². The molecule has 0 bridgehead atoms. The molecule has 0 aromatic carbocycles. The number of ether oxygens (including phenoxy) is 1. The average Bonchev–Trinajstić information content (AvgIpc) is 2.41. The quantitative estimate of drug-likeness (QED) is 0.290. The van der Waals surface area contributed by atoms with Crippen LogP contribution in [0.3, 0.4) is 0 Å². The van der Waals surface area contributed by atoms with Gasteiger partial charge in [0.15, 0.2) is 0 Å². The zero-order valence-corrected chi connectivity index (χ0v) is 13.1. The Morgan fingerprint density at radius 2 is 1.89 bits per heavy atom. The Balaban J connectivity index is 3.96. The standard InChI is InChI=1S/C16H27ClO2/c1-4-7-8-9-11-15(10-5-2)19-16(18)13-12-14(17)6-3/h15H,3-5,7-13H2,1-2H3. The lowest BCUT2D eigenvalue weighted by Gasteiger charge is -2.17. The number of halogens is 1. The van der Waals surface area contributed by atoms with Gasteiger partial charge in [0.05, 0.1) is 11.5 Å². The molecule has 0 saturated carbocycles. The fourth-order valence-electron chi connectivity index (χ4n) is 1.93. The van der Waals surface area contributed by atoms with E-state index >= 15 is 0 Å². The molecule has 0 aliphatic heterocycles. The van der Waals surface area contributed by atoms with Crippen LogP contribution in [0.2, 0.25) is 0 Å². The predicted octanol–water partition coefficient (Wildman–Crippen LogP) is 5.36. The first-order valence-corrected chi connectivity index (χ1v) is 7.75. The summed E-state index contributed by atoms with van der Waals surface area (Å²) in [7, 11) is 0. The maximum Gasteiger partial charge on any atom is 0.306 e. The number of unbranched alkanes of at least 4 members (excludes halogenated alkanes) is 3. The van der Waals surface area contributed by atoms with E-state index in [9.17, 15) is 4.79 Å². The highest BCUT2D eigenvalue weighted by Crippen LogP contribution is 2.15. The molecule has 19 heavy (non-hydrogen) atoms. The molecule has 0 N–H and O–H groups in total. The van der Waals surface area contributed by atoms with Gasteiger partial charge < -0.3 is 4.74 Å². The van der Waals surface area contributed by atoms with E-state index in [2.05, 4.69) is 26.2 Å². The molecule has 3 heteroatoms. The van der Waals surface area contributed by atoms with Crippen molar-refractivity contribution in [2.45, 2.75) is 77.7 Å². The van der Waals surface area contributed by atoms with Gasteiger partial charge in [0.25, 0.3) is 0 Å². The molecular formula is C16H27ClO2. The first kappa shape index (κ1) is 18.3. The minimum Gasteiger partial charge on any atom is -0.462 e. The Kier molecular flexibility index (Phi) is 11.9. The lowest BCUT2D eigenvalue weighted by molar-refractivity contribution is -0.149. The summed E-state index contributed by atoms with van der Waals surface area (Å²) in [6, 6.07) is 0. The van der Waals surface area contributed by atoms with Crippen molar-refractivity contribution in [2.24, 2.45) is 0 Å². The minimum absolute atomic E-state index is 0.0702. The van der Waals surface area contributed by atoms with Gasteiger partial charge in [0.1, 0.15) is 6.10 Å². The highest BCUT2D eigenvalue weighted by Gasteiger charge is 2.13. The highest BCUT2D eigenvalue weighted by atomic mass is 35.5. The summed E-state index contributed by atoms with van der Waals surface area (Å²) in [4.78, 5) is 11.7. The maximum atomic E-state index is 11.7. The zero-order chi connectivity index (χ0) is 14.5. The second-order valence-electron chi connectivity index (χ2n) is 4.83. The van der Waals surface area contributed by atoms with Gasteiger partial charge in [-0.3, -0.25) is 4.79 Å². The summed E-state index contributed by atoms with van der Waals surface area (Å²) in [5, 5.41) is 0.493. The van der Waals surface area contributed by atoms with E-state index < -0.39 is 0 Å². The largest absolute Gasteiger partial charge is 0.462 e. The first-order valence-electron chi connectivity index (χ1n) is 7.37. The monoisotopic (exact) mass is 286 g/mol. The predicted molar refractivity (Wildman–Crippen MR) is 81.3 cm³/mol. The summed E-state index contributed by atoms with van der Waals surface area (Å²) < 4.78 is 5.51. The van der Waals surface area contributed by atoms with Crippen molar-refractivity contribution in [1.29, 1.82) is 0 Å². The van der Waals surface area contributed by atoms with Crippen molar-refractivity contribution in [3.63, 3.8) is 0 Å². The molecule has 1 unspecified atom stereocenters. The minimum atomic E-state index is -0.164. The Hall–Kier alpha value is -0.720. The van der Waals surface area contributed by atoms with Crippen LogP contribution in [0.4, 0.5) is 0 Å². The number of carbonyl (C=O) groups excluding carboxylic acids is 1. The third-order valence-electron chi connectivity index (χ3n) is 3.03. The van der Waals surface area contributed by atoms with E-state index in [0.29, 0.717) is 17.9 Å². The van der Waals surface area contributed by atoms with Gasteiger partial charge in [-0.15, -0.1) is 5.73 Å². The third-order valence-corrected chi connectivity index (χ3v) is 3.35. The zero-order valence-electron chi connectivity index (χ0n) is 12.3. The second-order valence-corrected chi connectivity index (χ2v) is 5.29. The smallest absolute Gasteiger partial charge is 0.306 e. The fraction of sp³-hybridized carbons (Fsp3) is 0.750. The van der Waals surface area contributed by atoms with E-state index in [0.717, 1.165) is 25.7 Å². The van der Waals surface area contributed by atoms with Crippen molar-refractivity contribution in [2.75, 3.05) is 0 Å². The topological polar surface area (TPSA) is 26.3 Å². The highest BCUT2D eigenvalue weighted by molar-refractivity contribution is 6.29.